The molecule has 0 saturated heterocycles. The maximum Gasteiger partial charge on any atom is 0.0789 e. The van der Waals surface area contributed by atoms with Gasteiger partial charge in [-0.05, 0) is 140 Å². The number of nitrogens with zero attached hydrogens (tertiary/aromatic N) is 4. The fourth-order valence-electron chi connectivity index (χ4n) is 15.8. The van der Waals surface area contributed by atoms with E-state index in [0.717, 1.165) is 40.2 Å². The van der Waals surface area contributed by atoms with Crippen LogP contribution in [0.5, 0.6) is 0 Å². The fourth-order valence-corrected chi connectivity index (χ4v) is 15.8. The summed E-state index contributed by atoms with van der Waals surface area (Å²) in [6, 6.07) is 117. The van der Waals surface area contributed by atoms with Gasteiger partial charge >= 0.3 is 0 Å². The highest BCUT2D eigenvalue weighted by Gasteiger charge is 2.30. The maximum absolute atomic E-state index is 4.58. The molecule has 4 heteroatoms. The summed E-state index contributed by atoms with van der Waals surface area (Å²) in [5.74, 6) is 0. The lowest BCUT2D eigenvalue weighted by atomic mass is 9.84. The van der Waals surface area contributed by atoms with Gasteiger partial charge in [-0.1, -0.05) is 274 Å². The van der Waals surface area contributed by atoms with E-state index in [2.05, 4.69) is 359 Å². The van der Waals surface area contributed by atoms with Crippen LogP contribution in [0.1, 0.15) is 40.3 Å². The van der Waals surface area contributed by atoms with E-state index in [1.807, 2.05) is 0 Å². The van der Waals surface area contributed by atoms with Crippen LogP contribution < -0.4 is 0 Å². The molecule has 94 heavy (non-hydrogen) atoms. The molecule has 4 nitrogen and oxygen atoms in total. The lowest BCUT2D eigenvalue weighted by Crippen LogP contribution is -2.16. The smallest absolute Gasteiger partial charge is 0.0789 e. The van der Waals surface area contributed by atoms with Crippen LogP contribution in [0.4, 0.5) is 0 Å². The largest absolute Gasteiger partial charge is 0.331 e. The van der Waals surface area contributed by atoms with Gasteiger partial charge in [-0.2, -0.15) is 0 Å². The average molecular weight is 1200 g/mol. The predicted molar refractivity (Wildman–Crippen MR) is 399 cm³/mol. The summed E-state index contributed by atoms with van der Waals surface area (Å²) >= 11 is 0. The normalized spacial score (nSPS) is 13.4. The Balaban J connectivity index is 0.736. The quantitative estimate of drug-likeness (QED) is 0.122. The van der Waals surface area contributed by atoms with Crippen molar-refractivity contribution in [2.75, 3.05) is 0 Å². The van der Waals surface area contributed by atoms with Gasteiger partial charge in [-0.3, -0.25) is 0 Å². The van der Waals surface area contributed by atoms with Gasteiger partial charge in [0.15, 0.2) is 0 Å². The SMILES string of the molecule is C=C(/C=C\c1ccccc1)c1cccc(-n2c3ccccc3c3ccc4c5ccccc5n(C5CC(c6ccc7cc(-c8ccccc8-n8c9ccccc9c9ccc%10c%11ccccc%11n(-c%11cccc(-c%12ccccc%12)c%11)c%10c98)ccc7c6)=Cc6ccccc65)c4c32)c1. The van der Waals surface area contributed by atoms with Crippen molar-refractivity contribution in [1.29, 1.82) is 0 Å². The molecule has 4 heterocycles. The Labute approximate surface area is 544 Å². The van der Waals surface area contributed by atoms with E-state index in [4.69, 9.17) is 0 Å². The monoisotopic (exact) mass is 1200 g/mol. The molecule has 0 amide bonds. The Morgan fingerprint density at radius 3 is 1.54 bits per heavy atom. The number of hydrogen-bond acceptors (Lipinski definition) is 0. The van der Waals surface area contributed by atoms with Crippen LogP contribution in [0, 0.1) is 0 Å². The topological polar surface area (TPSA) is 19.7 Å². The van der Waals surface area contributed by atoms with Crippen molar-refractivity contribution in [3.8, 4) is 39.3 Å². The van der Waals surface area contributed by atoms with Crippen LogP contribution in [0.3, 0.4) is 0 Å². The fraction of sp³-hybridized carbons (Fsp3) is 0.0222. The summed E-state index contributed by atoms with van der Waals surface area (Å²) in [6.07, 6.45) is 7.54. The first-order valence-electron chi connectivity index (χ1n) is 32.6. The zero-order valence-corrected chi connectivity index (χ0v) is 51.5. The molecule has 19 rings (SSSR count). The molecule has 1 atom stereocenters. The number of rotatable bonds is 10. The third-order valence-electron chi connectivity index (χ3n) is 20.0. The summed E-state index contributed by atoms with van der Waals surface area (Å²) in [7, 11) is 0. The molecule has 14 aromatic carbocycles. The lowest BCUT2D eigenvalue weighted by Gasteiger charge is -2.29. The Morgan fingerprint density at radius 1 is 0.351 bits per heavy atom. The first kappa shape index (κ1) is 53.6. The Bertz CT molecular complexity index is 6220. The molecule has 440 valence electrons. The number of fused-ring (bicyclic) bond motifs is 16. The lowest BCUT2D eigenvalue weighted by molar-refractivity contribution is 0.634. The van der Waals surface area contributed by atoms with E-state index >= 15 is 0 Å². The molecule has 18 aromatic rings. The third-order valence-corrected chi connectivity index (χ3v) is 20.0. The summed E-state index contributed by atoms with van der Waals surface area (Å²) in [6.45, 7) is 4.58. The summed E-state index contributed by atoms with van der Waals surface area (Å²) in [4.78, 5) is 0. The molecular formula is C90H60N4. The van der Waals surface area contributed by atoms with Crippen LogP contribution in [-0.4, -0.2) is 18.3 Å². The first-order valence-corrected chi connectivity index (χ1v) is 32.6. The van der Waals surface area contributed by atoms with E-state index in [1.165, 1.54) is 143 Å². The highest BCUT2D eigenvalue weighted by molar-refractivity contribution is 6.25. The predicted octanol–water partition coefficient (Wildman–Crippen LogP) is 23.8. The zero-order chi connectivity index (χ0) is 62.0. The van der Waals surface area contributed by atoms with Gasteiger partial charge in [-0.25, -0.2) is 0 Å². The molecule has 4 aromatic heterocycles. The van der Waals surface area contributed by atoms with Gasteiger partial charge < -0.3 is 18.3 Å². The van der Waals surface area contributed by atoms with E-state index < -0.39 is 0 Å². The average Bonchev–Trinajstić information content (AvgIpc) is 1.55. The molecule has 1 unspecified atom stereocenters. The minimum atomic E-state index is -0.0118. The molecular weight excluding hydrogens is 1140 g/mol. The number of allylic oxidation sites excluding steroid dienone is 3. The van der Waals surface area contributed by atoms with Crippen molar-refractivity contribution in [3.63, 3.8) is 0 Å². The second-order valence-electron chi connectivity index (χ2n) is 25.2. The van der Waals surface area contributed by atoms with E-state index in [-0.39, 0.29) is 6.04 Å². The highest BCUT2D eigenvalue weighted by atomic mass is 15.1. The van der Waals surface area contributed by atoms with E-state index in [9.17, 15) is 0 Å². The van der Waals surface area contributed by atoms with Crippen molar-refractivity contribution in [2.45, 2.75) is 12.5 Å². The van der Waals surface area contributed by atoms with Crippen LogP contribution >= 0.6 is 0 Å². The van der Waals surface area contributed by atoms with Crippen molar-refractivity contribution in [2.24, 2.45) is 0 Å². The third kappa shape index (κ3) is 8.40. The highest BCUT2D eigenvalue weighted by Crippen LogP contribution is 2.49. The Hall–Kier alpha value is -12.2. The minimum Gasteiger partial charge on any atom is -0.331 e. The second-order valence-corrected chi connectivity index (χ2v) is 25.2. The van der Waals surface area contributed by atoms with Crippen LogP contribution in [0.2, 0.25) is 0 Å². The number of aromatic nitrogens is 4. The molecule has 0 bridgehead atoms. The van der Waals surface area contributed by atoms with Crippen molar-refractivity contribution < 1.29 is 0 Å². The molecule has 0 aliphatic heterocycles. The maximum atomic E-state index is 4.58. The van der Waals surface area contributed by atoms with Crippen molar-refractivity contribution in [3.05, 3.63) is 356 Å². The first-order chi connectivity index (χ1) is 46.6. The van der Waals surface area contributed by atoms with Crippen molar-refractivity contribution in [1.82, 2.24) is 18.3 Å². The van der Waals surface area contributed by atoms with E-state index in [1.54, 1.807) is 0 Å². The standard InChI is InChI=1S/C90H60N4/c1-58(42-43-59-22-4-2-5-23-59)61-27-20-29-69(55-61)91-82-38-16-11-34-74(82)78-49-51-80-76-36-14-19-41-85(76)94(90(80)88(78)91)86-57-68(54-66-26-8-9-32-72(66)86)65-45-44-64-53-67(47-46-63(64)52-65)71-31-10-15-37-81(71)93-84-40-18-13-35-75(84)79-50-48-77-73-33-12-17-39-83(73)92(87(77)89(79)93)70-30-21-28-62(56-70)60-24-6-3-7-25-60/h2-56,86H,1,57H2/b43-42-. The zero-order valence-electron chi connectivity index (χ0n) is 51.5. The number of hydrogen-bond donors (Lipinski definition) is 0. The molecule has 0 spiro atoms. The van der Waals surface area contributed by atoms with Gasteiger partial charge in [0.25, 0.3) is 0 Å². The van der Waals surface area contributed by atoms with Gasteiger partial charge in [-0.15, -0.1) is 0 Å². The second kappa shape index (κ2) is 21.5. The summed E-state index contributed by atoms with van der Waals surface area (Å²) in [5.41, 5.74) is 26.0. The molecule has 0 saturated carbocycles. The molecule has 0 radical (unpaired) electrons. The van der Waals surface area contributed by atoms with Gasteiger partial charge in [0, 0.05) is 65.5 Å². The Morgan fingerprint density at radius 2 is 0.851 bits per heavy atom. The summed E-state index contributed by atoms with van der Waals surface area (Å²) in [5, 5.41) is 12.3. The number of benzene rings is 14. The van der Waals surface area contributed by atoms with Gasteiger partial charge in [0.1, 0.15) is 0 Å². The molecule has 0 fully saturated rings. The Kier molecular flexibility index (Phi) is 12.2. The minimum absolute atomic E-state index is 0.0118. The van der Waals surface area contributed by atoms with Gasteiger partial charge in [0.2, 0.25) is 0 Å². The molecule has 1 aliphatic carbocycles. The van der Waals surface area contributed by atoms with Crippen LogP contribution in [0.25, 0.3) is 161 Å². The summed E-state index contributed by atoms with van der Waals surface area (Å²) < 4.78 is 10.2. The van der Waals surface area contributed by atoms with Crippen LogP contribution in [0.15, 0.2) is 328 Å². The number of para-hydroxylation sites is 5. The molecule has 1 aliphatic rings. The van der Waals surface area contributed by atoms with Gasteiger partial charge in [0.05, 0.1) is 50.3 Å². The molecule has 0 N–H and O–H groups in total. The van der Waals surface area contributed by atoms with E-state index in [0.29, 0.717) is 0 Å². The van der Waals surface area contributed by atoms with Crippen LogP contribution in [-0.2, 0) is 0 Å². The van der Waals surface area contributed by atoms with Crippen molar-refractivity contribution >= 4 is 121 Å².